The van der Waals surface area contributed by atoms with Crippen molar-refractivity contribution in [1.82, 2.24) is 0 Å². The minimum absolute atomic E-state index is 0.00299. The molecule has 16 heavy (non-hydrogen) atoms. The third-order valence-electron chi connectivity index (χ3n) is 3.94. The van der Waals surface area contributed by atoms with E-state index in [1.807, 2.05) is 0 Å². The van der Waals surface area contributed by atoms with Gasteiger partial charge in [0, 0.05) is 5.57 Å². The molecule has 0 heterocycles. The van der Waals surface area contributed by atoms with E-state index >= 15 is 0 Å². The monoisotopic (exact) mass is 216 g/mol. The summed E-state index contributed by atoms with van der Waals surface area (Å²) in [6.07, 6.45) is 10.6. The summed E-state index contributed by atoms with van der Waals surface area (Å²) in [6.45, 7) is 4.25. The number of fused-ring (bicyclic) bond motifs is 1. The summed E-state index contributed by atoms with van der Waals surface area (Å²) in [5, 5.41) is 9.04. The zero-order chi connectivity index (χ0) is 12.0. The third kappa shape index (κ3) is 1.31. The highest BCUT2D eigenvalue weighted by atomic mass is 16.2. The Morgan fingerprint density at radius 2 is 2.19 bits per heavy atom. The Hall–Kier alpha value is -1.49. The van der Waals surface area contributed by atoms with Crippen LogP contribution >= 0.6 is 0 Å². The number of carbonyl (C=O) groups is 1. The van der Waals surface area contributed by atoms with Gasteiger partial charge in [0.1, 0.15) is 0 Å². The lowest BCUT2D eigenvalue weighted by Crippen LogP contribution is -2.28. The van der Waals surface area contributed by atoms with Gasteiger partial charge < -0.3 is 5.11 Å². The molecule has 2 rings (SSSR count). The summed E-state index contributed by atoms with van der Waals surface area (Å²) < 4.78 is 0. The number of carbonyl (C=O) groups excluding carboxylic acids is 1. The maximum Gasteiger partial charge on any atom is 0.184 e. The van der Waals surface area contributed by atoms with Crippen molar-refractivity contribution in [3.05, 3.63) is 23.5 Å². The number of ketones is 1. The van der Waals surface area contributed by atoms with Gasteiger partial charge in [0.2, 0.25) is 0 Å². The van der Waals surface area contributed by atoms with Crippen LogP contribution in [0, 0.1) is 23.2 Å². The molecule has 1 fully saturated rings. The third-order valence-corrected chi connectivity index (χ3v) is 3.94. The van der Waals surface area contributed by atoms with E-state index in [4.69, 9.17) is 11.5 Å². The van der Waals surface area contributed by atoms with Gasteiger partial charge in [-0.3, -0.25) is 4.79 Å². The van der Waals surface area contributed by atoms with Crippen molar-refractivity contribution in [3.63, 3.8) is 0 Å². The average Bonchev–Trinajstić information content (AvgIpc) is 2.52. The molecule has 0 aromatic rings. The molecule has 0 saturated heterocycles. The number of terminal acetylenes is 1. The smallest absolute Gasteiger partial charge is 0.184 e. The molecule has 1 N–H and O–H groups in total. The minimum Gasteiger partial charge on any atom is -0.515 e. The molecule has 2 aliphatic carbocycles. The summed E-state index contributed by atoms with van der Waals surface area (Å²) in [5.74, 6) is 2.75. The molecule has 0 aromatic carbocycles. The fourth-order valence-corrected chi connectivity index (χ4v) is 2.91. The van der Waals surface area contributed by atoms with Crippen LogP contribution in [-0.4, -0.2) is 10.9 Å². The van der Waals surface area contributed by atoms with Crippen molar-refractivity contribution in [2.24, 2.45) is 10.8 Å². The Labute approximate surface area is 96.0 Å². The number of rotatable bonds is 0. The first kappa shape index (κ1) is 11.0. The molecule has 0 aliphatic heterocycles. The van der Waals surface area contributed by atoms with Gasteiger partial charge >= 0.3 is 0 Å². The Morgan fingerprint density at radius 3 is 2.75 bits per heavy atom. The standard InChI is InChI=1S/C14H16O2/c1-4-14-6-5-13(2,3)12(14)7-11(16)10(8-14)9-15/h1,7,9,15H,5-6,8H2,2-3H3/b10-9+. The largest absolute Gasteiger partial charge is 0.515 e. The predicted molar refractivity (Wildman–Crippen MR) is 62.7 cm³/mol. The van der Waals surface area contributed by atoms with E-state index in [1.54, 1.807) is 6.08 Å². The van der Waals surface area contributed by atoms with E-state index in [-0.39, 0.29) is 16.6 Å². The molecule has 0 spiro atoms. The molecular formula is C14H16O2. The molecule has 0 aromatic heterocycles. The Morgan fingerprint density at radius 1 is 1.50 bits per heavy atom. The second-order valence-electron chi connectivity index (χ2n) is 5.36. The SMILES string of the molecule is C#CC12CCC(C)(C)C1=CC(=O)/C(=C/O)C2. The fourth-order valence-electron chi connectivity index (χ4n) is 2.91. The van der Waals surface area contributed by atoms with Crippen LogP contribution in [0.25, 0.3) is 0 Å². The molecule has 2 nitrogen and oxygen atoms in total. The highest BCUT2D eigenvalue weighted by Gasteiger charge is 2.50. The average molecular weight is 216 g/mol. The van der Waals surface area contributed by atoms with Gasteiger partial charge in [0.25, 0.3) is 0 Å². The predicted octanol–water partition coefficient (Wildman–Crippen LogP) is 2.77. The molecule has 1 unspecified atom stereocenters. The van der Waals surface area contributed by atoms with Crippen LogP contribution in [0.15, 0.2) is 23.5 Å². The summed E-state index contributed by atoms with van der Waals surface area (Å²) in [7, 11) is 0. The molecular weight excluding hydrogens is 200 g/mol. The van der Waals surface area contributed by atoms with E-state index in [0.29, 0.717) is 12.0 Å². The van der Waals surface area contributed by atoms with Crippen molar-refractivity contribution in [2.75, 3.05) is 0 Å². The second-order valence-corrected chi connectivity index (χ2v) is 5.36. The van der Waals surface area contributed by atoms with Gasteiger partial charge in [-0.15, -0.1) is 6.42 Å². The maximum absolute atomic E-state index is 11.7. The van der Waals surface area contributed by atoms with Gasteiger partial charge in [0.05, 0.1) is 11.7 Å². The highest BCUT2D eigenvalue weighted by Crippen LogP contribution is 2.57. The zero-order valence-corrected chi connectivity index (χ0v) is 9.71. The molecule has 2 heteroatoms. The van der Waals surface area contributed by atoms with Crippen molar-refractivity contribution in [3.8, 4) is 12.3 Å². The van der Waals surface area contributed by atoms with Crippen LogP contribution < -0.4 is 0 Å². The van der Waals surface area contributed by atoms with E-state index < -0.39 is 0 Å². The number of aliphatic hydroxyl groups excluding tert-OH is 1. The van der Waals surface area contributed by atoms with Crippen molar-refractivity contribution in [2.45, 2.75) is 33.1 Å². The lowest BCUT2D eigenvalue weighted by Gasteiger charge is -2.33. The molecule has 2 aliphatic rings. The quantitative estimate of drug-likeness (QED) is 0.384. The van der Waals surface area contributed by atoms with Crippen molar-refractivity contribution >= 4 is 5.78 Å². The van der Waals surface area contributed by atoms with E-state index in [0.717, 1.165) is 24.7 Å². The summed E-state index contributed by atoms with van der Waals surface area (Å²) in [5.41, 5.74) is 1.16. The van der Waals surface area contributed by atoms with Gasteiger partial charge in [-0.2, -0.15) is 0 Å². The lowest BCUT2D eigenvalue weighted by atomic mass is 9.68. The molecule has 0 amide bonds. The summed E-state index contributed by atoms with van der Waals surface area (Å²) >= 11 is 0. The van der Waals surface area contributed by atoms with E-state index in [9.17, 15) is 4.79 Å². The van der Waals surface area contributed by atoms with Gasteiger partial charge in [-0.1, -0.05) is 19.8 Å². The van der Waals surface area contributed by atoms with Crippen LogP contribution in [0.3, 0.4) is 0 Å². The first-order chi connectivity index (χ1) is 7.45. The normalized spacial score (nSPS) is 34.4. The maximum atomic E-state index is 11.7. The first-order valence-electron chi connectivity index (χ1n) is 5.53. The number of hydrogen-bond acceptors (Lipinski definition) is 2. The summed E-state index contributed by atoms with van der Waals surface area (Å²) in [6, 6.07) is 0. The van der Waals surface area contributed by atoms with Crippen LogP contribution in [0.4, 0.5) is 0 Å². The van der Waals surface area contributed by atoms with Crippen LogP contribution in [-0.2, 0) is 4.79 Å². The number of hydrogen-bond donors (Lipinski definition) is 1. The van der Waals surface area contributed by atoms with Crippen LogP contribution in [0.2, 0.25) is 0 Å². The number of allylic oxidation sites excluding steroid dienone is 3. The van der Waals surface area contributed by atoms with Crippen LogP contribution in [0.5, 0.6) is 0 Å². The van der Waals surface area contributed by atoms with E-state index in [2.05, 4.69) is 19.8 Å². The Bertz CT molecular complexity index is 446. The minimum atomic E-state index is -0.341. The second kappa shape index (κ2) is 3.25. The number of aliphatic hydroxyl groups is 1. The van der Waals surface area contributed by atoms with Crippen molar-refractivity contribution in [1.29, 1.82) is 0 Å². The fraction of sp³-hybridized carbons (Fsp3) is 0.500. The topological polar surface area (TPSA) is 37.3 Å². The first-order valence-corrected chi connectivity index (χ1v) is 5.53. The molecule has 84 valence electrons. The summed E-state index contributed by atoms with van der Waals surface area (Å²) in [4.78, 5) is 11.7. The Balaban J connectivity index is 2.58. The van der Waals surface area contributed by atoms with E-state index in [1.165, 1.54) is 0 Å². The van der Waals surface area contributed by atoms with Crippen molar-refractivity contribution < 1.29 is 9.90 Å². The van der Waals surface area contributed by atoms with Crippen LogP contribution in [0.1, 0.15) is 33.1 Å². The molecule has 1 saturated carbocycles. The highest BCUT2D eigenvalue weighted by molar-refractivity contribution is 6.06. The van der Waals surface area contributed by atoms with Gasteiger partial charge in [0.15, 0.2) is 5.78 Å². The Kier molecular flexibility index (Phi) is 2.24. The molecule has 1 atom stereocenters. The van der Waals surface area contributed by atoms with Gasteiger partial charge in [-0.05, 0) is 36.3 Å². The zero-order valence-electron chi connectivity index (χ0n) is 9.71. The molecule has 0 bridgehead atoms. The van der Waals surface area contributed by atoms with Gasteiger partial charge in [-0.25, -0.2) is 0 Å². The molecule has 0 radical (unpaired) electrons. The lowest BCUT2D eigenvalue weighted by molar-refractivity contribution is -0.112.